The number of nitrogens with zero attached hydrogens (tertiary/aromatic N) is 1. The number of amides is 1. The van der Waals surface area contributed by atoms with Gasteiger partial charge in [-0.3, -0.25) is 9.36 Å². The number of aromatic nitrogens is 2. The standard InChI is InChI=1S/C15H20N4O2.ClH/c20-14(10-16-9-11-5-6-11)17-7-8-19-13-4-2-1-3-12(13)18-15(19)21;/h1-4,11,16H,5-10H2,(H,17,20)(H,18,21);1H. The molecule has 2 aromatic rings. The van der Waals surface area contributed by atoms with E-state index < -0.39 is 0 Å². The largest absolute Gasteiger partial charge is 0.353 e. The first-order valence-electron chi connectivity index (χ1n) is 7.39. The fourth-order valence-corrected chi connectivity index (χ4v) is 2.41. The molecule has 0 spiro atoms. The van der Waals surface area contributed by atoms with Crippen LogP contribution in [0, 0.1) is 5.92 Å². The molecule has 1 heterocycles. The highest BCUT2D eigenvalue weighted by atomic mass is 35.5. The lowest BCUT2D eigenvalue weighted by atomic mass is 10.3. The molecule has 1 amide bonds. The lowest BCUT2D eigenvalue weighted by Gasteiger charge is -2.07. The zero-order valence-electron chi connectivity index (χ0n) is 12.3. The molecule has 0 unspecified atom stereocenters. The molecule has 1 aromatic heterocycles. The van der Waals surface area contributed by atoms with E-state index in [2.05, 4.69) is 15.6 Å². The zero-order chi connectivity index (χ0) is 14.7. The number of imidazole rings is 1. The second-order valence-electron chi connectivity index (χ2n) is 5.52. The van der Waals surface area contributed by atoms with Gasteiger partial charge >= 0.3 is 5.69 Å². The molecule has 7 heteroatoms. The summed E-state index contributed by atoms with van der Waals surface area (Å²) in [6, 6.07) is 7.54. The minimum atomic E-state index is -0.141. The van der Waals surface area contributed by atoms with Crippen LogP contribution in [0.2, 0.25) is 0 Å². The number of fused-ring (bicyclic) bond motifs is 1. The summed E-state index contributed by atoms with van der Waals surface area (Å²) in [5.41, 5.74) is 1.54. The summed E-state index contributed by atoms with van der Waals surface area (Å²) < 4.78 is 1.65. The average Bonchev–Trinajstić information content (AvgIpc) is 3.23. The molecule has 0 aliphatic heterocycles. The fraction of sp³-hybridized carbons (Fsp3) is 0.467. The van der Waals surface area contributed by atoms with E-state index in [1.165, 1.54) is 12.8 Å². The maximum absolute atomic E-state index is 11.9. The second kappa shape index (κ2) is 7.47. The molecule has 22 heavy (non-hydrogen) atoms. The molecular weight excluding hydrogens is 304 g/mol. The molecule has 0 radical (unpaired) electrons. The third-order valence-corrected chi connectivity index (χ3v) is 3.75. The number of nitrogens with one attached hydrogen (secondary N) is 3. The molecule has 0 saturated heterocycles. The molecular formula is C15H21ClN4O2. The molecule has 1 saturated carbocycles. The summed E-state index contributed by atoms with van der Waals surface area (Å²) in [6.45, 7) is 2.19. The van der Waals surface area contributed by atoms with E-state index in [1.807, 2.05) is 24.3 Å². The van der Waals surface area contributed by atoms with Crippen molar-refractivity contribution in [3.8, 4) is 0 Å². The van der Waals surface area contributed by atoms with Crippen molar-refractivity contribution in [1.29, 1.82) is 0 Å². The molecule has 1 aromatic carbocycles. The molecule has 0 bridgehead atoms. The number of benzene rings is 1. The van der Waals surface area contributed by atoms with Crippen molar-refractivity contribution in [3.05, 3.63) is 34.7 Å². The van der Waals surface area contributed by atoms with E-state index >= 15 is 0 Å². The van der Waals surface area contributed by atoms with Crippen molar-refractivity contribution in [1.82, 2.24) is 20.2 Å². The highest BCUT2D eigenvalue weighted by Crippen LogP contribution is 2.27. The number of carbonyl (C=O) groups is 1. The van der Waals surface area contributed by atoms with Crippen LogP contribution in [0.15, 0.2) is 29.1 Å². The van der Waals surface area contributed by atoms with Crippen LogP contribution in [-0.2, 0) is 11.3 Å². The summed E-state index contributed by atoms with van der Waals surface area (Å²) in [7, 11) is 0. The number of hydrogen-bond acceptors (Lipinski definition) is 3. The number of halogens is 1. The third kappa shape index (κ3) is 4.11. The summed E-state index contributed by atoms with van der Waals surface area (Å²) >= 11 is 0. The molecule has 120 valence electrons. The summed E-state index contributed by atoms with van der Waals surface area (Å²) in [6.07, 6.45) is 2.55. The predicted octanol–water partition coefficient (Wildman–Crippen LogP) is 0.867. The fourth-order valence-electron chi connectivity index (χ4n) is 2.41. The highest BCUT2D eigenvalue weighted by Gasteiger charge is 2.20. The lowest BCUT2D eigenvalue weighted by Crippen LogP contribution is -2.37. The van der Waals surface area contributed by atoms with Crippen LogP contribution in [0.1, 0.15) is 12.8 Å². The van der Waals surface area contributed by atoms with Crippen molar-refractivity contribution in [3.63, 3.8) is 0 Å². The number of rotatable bonds is 7. The van der Waals surface area contributed by atoms with Gasteiger partial charge in [0.15, 0.2) is 0 Å². The van der Waals surface area contributed by atoms with Gasteiger partial charge in [0.05, 0.1) is 17.6 Å². The summed E-state index contributed by atoms with van der Waals surface area (Å²) in [5, 5.41) is 5.98. The minimum absolute atomic E-state index is 0. The Kier molecular flexibility index (Phi) is 5.63. The van der Waals surface area contributed by atoms with E-state index in [0.29, 0.717) is 19.6 Å². The Balaban J connectivity index is 0.00000176. The normalized spacial score (nSPS) is 13.8. The van der Waals surface area contributed by atoms with Crippen molar-refractivity contribution < 1.29 is 4.79 Å². The van der Waals surface area contributed by atoms with Gasteiger partial charge in [-0.1, -0.05) is 12.1 Å². The van der Waals surface area contributed by atoms with Gasteiger partial charge in [-0.25, -0.2) is 4.79 Å². The SMILES string of the molecule is Cl.O=C(CNCC1CC1)NCCn1c(=O)[nH]c2ccccc21. The molecule has 6 nitrogen and oxygen atoms in total. The monoisotopic (exact) mass is 324 g/mol. The van der Waals surface area contributed by atoms with Crippen LogP contribution >= 0.6 is 12.4 Å². The van der Waals surface area contributed by atoms with Gasteiger partial charge in [-0.15, -0.1) is 12.4 Å². The van der Waals surface area contributed by atoms with E-state index in [0.717, 1.165) is 23.5 Å². The maximum atomic E-state index is 11.9. The summed E-state index contributed by atoms with van der Waals surface area (Å²) in [5.74, 6) is 0.742. The van der Waals surface area contributed by atoms with Crippen molar-refractivity contribution in [2.24, 2.45) is 5.92 Å². The van der Waals surface area contributed by atoms with Crippen LogP contribution in [0.3, 0.4) is 0 Å². The van der Waals surface area contributed by atoms with Gasteiger partial charge in [0.1, 0.15) is 0 Å². The molecule has 1 aliphatic rings. The van der Waals surface area contributed by atoms with Gasteiger partial charge in [-0.05, 0) is 37.4 Å². The molecule has 3 rings (SSSR count). The smallest absolute Gasteiger partial charge is 0.326 e. The minimum Gasteiger partial charge on any atom is -0.353 e. The Morgan fingerprint density at radius 2 is 2.09 bits per heavy atom. The molecule has 1 aliphatic carbocycles. The van der Waals surface area contributed by atoms with E-state index in [9.17, 15) is 9.59 Å². The van der Waals surface area contributed by atoms with E-state index in [-0.39, 0.29) is 24.0 Å². The van der Waals surface area contributed by atoms with Gasteiger partial charge in [0.25, 0.3) is 0 Å². The van der Waals surface area contributed by atoms with Crippen molar-refractivity contribution >= 4 is 29.3 Å². The van der Waals surface area contributed by atoms with E-state index in [4.69, 9.17) is 0 Å². The van der Waals surface area contributed by atoms with Gasteiger partial charge in [-0.2, -0.15) is 0 Å². The van der Waals surface area contributed by atoms with Crippen molar-refractivity contribution in [2.45, 2.75) is 19.4 Å². The number of carbonyl (C=O) groups excluding carboxylic acids is 1. The maximum Gasteiger partial charge on any atom is 0.326 e. The predicted molar refractivity (Wildman–Crippen MR) is 88.4 cm³/mol. The first-order chi connectivity index (χ1) is 10.2. The van der Waals surface area contributed by atoms with Crippen LogP contribution in [-0.4, -0.2) is 35.1 Å². The van der Waals surface area contributed by atoms with Crippen LogP contribution in [0.4, 0.5) is 0 Å². The Hall–Kier alpha value is -1.79. The quantitative estimate of drug-likeness (QED) is 0.707. The molecule has 0 atom stereocenters. The Morgan fingerprint density at radius 3 is 2.86 bits per heavy atom. The third-order valence-electron chi connectivity index (χ3n) is 3.75. The lowest BCUT2D eigenvalue weighted by molar-refractivity contribution is -0.120. The Bertz CT molecular complexity index is 690. The highest BCUT2D eigenvalue weighted by molar-refractivity contribution is 5.85. The average molecular weight is 325 g/mol. The topological polar surface area (TPSA) is 78.9 Å². The second-order valence-corrected chi connectivity index (χ2v) is 5.52. The summed E-state index contributed by atoms with van der Waals surface area (Å²) in [4.78, 5) is 26.3. The first kappa shape index (κ1) is 16.6. The van der Waals surface area contributed by atoms with Gasteiger partial charge in [0, 0.05) is 13.1 Å². The number of hydrogen-bond donors (Lipinski definition) is 3. The number of para-hydroxylation sites is 2. The van der Waals surface area contributed by atoms with Crippen molar-refractivity contribution in [2.75, 3.05) is 19.6 Å². The Morgan fingerprint density at radius 1 is 1.32 bits per heavy atom. The van der Waals surface area contributed by atoms with E-state index in [1.54, 1.807) is 4.57 Å². The van der Waals surface area contributed by atoms with Gasteiger partial charge in [0.2, 0.25) is 5.91 Å². The first-order valence-corrected chi connectivity index (χ1v) is 7.39. The van der Waals surface area contributed by atoms with Crippen LogP contribution < -0.4 is 16.3 Å². The zero-order valence-corrected chi connectivity index (χ0v) is 13.1. The molecule has 1 fully saturated rings. The van der Waals surface area contributed by atoms with Gasteiger partial charge < -0.3 is 15.6 Å². The Labute approximate surface area is 134 Å². The van der Waals surface area contributed by atoms with Crippen LogP contribution in [0.5, 0.6) is 0 Å². The molecule has 3 N–H and O–H groups in total. The number of aromatic amines is 1. The van der Waals surface area contributed by atoms with Crippen LogP contribution in [0.25, 0.3) is 11.0 Å². The number of H-pyrrole nitrogens is 1.